The lowest BCUT2D eigenvalue weighted by atomic mass is 10.1. The largest absolute Gasteiger partial charge is 0.454 e. The van der Waals surface area contributed by atoms with E-state index in [0.717, 1.165) is 0 Å². The van der Waals surface area contributed by atoms with Gasteiger partial charge in [-0.1, -0.05) is 0 Å². The number of hydrogen-bond acceptors (Lipinski definition) is 5. The van der Waals surface area contributed by atoms with Gasteiger partial charge >= 0.3 is 6.61 Å². The van der Waals surface area contributed by atoms with Crippen LogP contribution in [-0.2, 0) is 13.1 Å². The van der Waals surface area contributed by atoms with Gasteiger partial charge in [-0.25, -0.2) is 4.99 Å². The van der Waals surface area contributed by atoms with E-state index in [9.17, 15) is 8.78 Å². The highest BCUT2D eigenvalue weighted by Gasteiger charge is 2.20. The van der Waals surface area contributed by atoms with Crippen molar-refractivity contribution in [2.75, 3.05) is 19.9 Å². The zero-order valence-corrected chi connectivity index (χ0v) is 17.6. The van der Waals surface area contributed by atoms with E-state index in [0.29, 0.717) is 42.7 Å². The van der Waals surface area contributed by atoms with Crippen molar-refractivity contribution in [3.63, 3.8) is 0 Å². The van der Waals surface area contributed by atoms with E-state index in [2.05, 4.69) is 25.5 Å². The zero-order valence-electron chi connectivity index (χ0n) is 15.2. The lowest BCUT2D eigenvalue weighted by molar-refractivity contribution is -0.0505. The SMILES string of the molecule is CCNC(=NCc1cc2c(cc1OC(F)F)OCO2)NCCn1cccn1.I. The fourth-order valence-corrected chi connectivity index (χ4v) is 2.52. The normalized spacial score (nSPS) is 12.6. The molecule has 1 aromatic heterocycles. The van der Waals surface area contributed by atoms with Crippen molar-refractivity contribution >= 4 is 29.9 Å². The van der Waals surface area contributed by atoms with Gasteiger partial charge < -0.3 is 24.8 Å². The van der Waals surface area contributed by atoms with Gasteiger partial charge in [0.25, 0.3) is 0 Å². The first-order chi connectivity index (χ1) is 13.2. The molecule has 154 valence electrons. The molecule has 2 N–H and O–H groups in total. The van der Waals surface area contributed by atoms with Crippen molar-refractivity contribution in [3.05, 3.63) is 36.2 Å². The van der Waals surface area contributed by atoms with E-state index in [1.54, 1.807) is 16.9 Å². The maximum Gasteiger partial charge on any atom is 0.387 e. The number of rotatable bonds is 8. The van der Waals surface area contributed by atoms with Crippen molar-refractivity contribution in [3.8, 4) is 17.2 Å². The van der Waals surface area contributed by atoms with Gasteiger partial charge in [0.2, 0.25) is 6.79 Å². The molecule has 0 atom stereocenters. The van der Waals surface area contributed by atoms with Gasteiger partial charge in [0.15, 0.2) is 17.5 Å². The standard InChI is InChI=1S/C17H21F2N5O3.HI/c1-2-20-17(21-5-7-24-6-3-4-23-24)22-10-12-8-14-15(26-11-25-14)9-13(12)27-16(18)19;/h3-4,6,8-9,16H,2,5,7,10-11H2,1H3,(H2,20,21,22);1H. The van der Waals surface area contributed by atoms with Gasteiger partial charge in [-0.05, 0) is 19.1 Å². The summed E-state index contributed by atoms with van der Waals surface area (Å²) in [4.78, 5) is 4.44. The number of halogens is 3. The summed E-state index contributed by atoms with van der Waals surface area (Å²) in [6.07, 6.45) is 3.58. The first kappa shape index (κ1) is 22.0. The van der Waals surface area contributed by atoms with Crippen LogP contribution < -0.4 is 24.8 Å². The molecule has 0 saturated heterocycles. The lowest BCUT2D eigenvalue weighted by Gasteiger charge is -2.13. The van der Waals surface area contributed by atoms with Gasteiger partial charge in [-0.2, -0.15) is 13.9 Å². The molecule has 0 spiro atoms. The van der Waals surface area contributed by atoms with Crippen LogP contribution in [0.25, 0.3) is 0 Å². The summed E-state index contributed by atoms with van der Waals surface area (Å²) in [6.45, 7) is 1.12. The molecular weight excluding hydrogens is 487 g/mol. The van der Waals surface area contributed by atoms with Gasteiger partial charge in [-0.3, -0.25) is 4.68 Å². The van der Waals surface area contributed by atoms with Crippen molar-refractivity contribution in [1.82, 2.24) is 20.4 Å². The van der Waals surface area contributed by atoms with E-state index < -0.39 is 6.61 Å². The number of nitrogens with zero attached hydrogens (tertiary/aromatic N) is 3. The molecule has 0 saturated carbocycles. The average Bonchev–Trinajstić information content (AvgIpc) is 3.30. The molecule has 8 nitrogen and oxygen atoms in total. The zero-order chi connectivity index (χ0) is 19.1. The van der Waals surface area contributed by atoms with E-state index >= 15 is 0 Å². The summed E-state index contributed by atoms with van der Waals surface area (Å²) in [5.74, 6) is 1.44. The highest BCUT2D eigenvalue weighted by atomic mass is 127. The Balaban J connectivity index is 0.00000280. The molecule has 28 heavy (non-hydrogen) atoms. The first-order valence-electron chi connectivity index (χ1n) is 8.52. The molecule has 2 aromatic rings. The fourth-order valence-electron chi connectivity index (χ4n) is 2.52. The third-order valence-corrected chi connectivity index (χ3v) is 3.72. The third kappa shape index (κ3) is 6.11. The van der Waals surface area contributed by atoms with E-state index in [4.69, 9.17) is 9.47 Å². The Morgan fingerprint density at radius 1 is 1.32 bits per heavy atom. The lowest BCUT2D eigenvalue weighted by Crippen LogP contribution is -2.38. The van der Waals surface area contributed by atoms with Crippen molar-refractivity contribution < 1.29 is 23.0 Å². The van der Waals surface area contributed by atoms with Crippen LogP contribution in [0.15, 0.2) is 35.6 Å². The Labute approximate surface area is 178 Å². The maximum atomic E-state index is 12.7. The monoisotopic (exact) mass is 509 g/mol. The van der Waals surface area contributed by atoms with Crippen LogP contribution in [-0.4, -0.2) is 42.2 Å². The molecule has 11 heteroatoms. The predicted molar refractivity (Wildman–Crippen MR) is 110 cm³/mol. The van der Waals surface area contributed by atoms with Crippen LogP contribution in [0.2, 0.25) is 0 Å². The van der Waals surface area contributed by atoms with Crippen LogP contribution in [0.3, 0.4) is 0 Å². The minimum absolute atomic E-state index is 0. The number of guanidine groups is 1. The van der Waals surface area contributed by atoms with Gasteiger partial charge in [0.05, 0.1) is 13.1 Å². The Morgan fingerprint density at radius 3 is 2.79 bits per heavy atom. The van der Waals surface area contributed by atoms with E-state index in [-0.39, 0.29) is 43.1 Å². The summed E-state index contributed by atoms with van der Waals surface area (Å²) in [7, 11) is 0. The molecule has 0 aliphatic carbocycles. The van der Waals surface area contributed by atoms with Crippen LogP contribution in [0.4, 0.5) is 8.78 Å². The highest BCUT2D eigenvalue weighted by molar-refractivity contribution is 14.0. The maximum absolute atomic E-state index is 12.7. The van der Waals surface area contributed by atoms with E-state index in [1.807, 2.05) is 19.2 Å². The van der Waals surface area contributed by atoms with Gasteiger partial charge in [0, 0.05) is 37.1 Å². The van der Waals surface area contributed by atoms with Gasteiger partial charge in [0.1, 0.15) is 5.75 Å². The van der Waals surface area contributed by atoms with Crippen molar-refractivity contribution in [2.24, 2.45) is 4.99 Å². The molecule has 0 radical (unpaired) electrons. The molecular formula is C17H22F2IN5O3. The summed E-state index contributed by atoms with van der Waals surface area (Å²) < 4.78 is 42.3. The van der Waals surface area contributed by atoms with Crippen molar-refractivity contribution in [1.29, 1.82) is 0 Å². The predicted octanol–water partition coefficient (Wildman–Crippen LogP) is 2.59. The number of nitrogens with one attached hydrogen (secondary N) is 2. The molecule has 2 heterocycles. The average molecular weight is 509 g/mol. The molecule has 0 bridgehead atoms. The second-order valence-corrected chi connectivity index (χ2v) is 5.58. The smallest absolute Gasteiger partial charge is 0.387 e. The number of alkyl halides is 2. The Kier molecular flexibility index (Phi) is 8.54. The molecule has 0 amide bonds. The Morgan fingerprint density at radius 2 is 2.11 bits per heavy atom. The Bertz CT molecular complexity index is 774. The molecule has 1 aliphatic heterocycles. The minimum atomic E-state index is -2.94. The number of ether oxygens (including phenoxy) is 3. The topological polar surface area (TPSA) is 81.9 Å². The molecule has 1 aliphatic rings. The number of benzene rings is 1. The molecule has 0 fully saturated rings. The van der Waals surface area contributed by atoms with Crippen molar-refractivity contribution in [2.45, 2.75) is 26.6 Å². The second kappa shape index (κ2) is 10.9. The fraction of sp³-hybridized carbons (Fsp3) is 0.412. The quantitative estimate of drug-likeness (QED) is 0.324. The molecule has 0 unspecified atom stereocenters. The van der Waals surface area contributed by atoms with Crippen LogP contribution in [0, 0.1) is 0 Å². The molecule has 1 aromatic carbocycles. The van der Waals surface area contributed by atoms with Crippen LogP contribution >= 0.6 is 24.0 Å². The summed E-state index contributed by atoms with van der Waals surface area (Å²) in [5, 5.41) is 10.4. The highest BCUT2D eigenvalue weighted by Crippen LogP contribution is 2.38. The minimum Gasteiger partial charge on any atom is -0.454 e. The Hall–Kier alpha value is -2.31. The van der Waals surface area contributed by atoms with E-state index in [1.165, 1.54) is 6.07 Å². The van der Waals surface area contributed by atoms with Gasteiger partial charge in [-0.15, -0.1) is 24.0 Å². The number of aromatic nitrogens is 2. The third-order valence-electron chi connectivity index (χ3n) is 3.72. The first-order valence-corrected chi connectivity index (χ1v) is 8.52. The van der Waals surface area contributed by atoms with Crippen LogP contribution in [0.5, 0.6) is 17.2 Å². The summed E-state index contributed by atoms with van der Waals surface area (Å²) >= 11 is 0. The second-order valence-electron chi connectivity index (χ2n) is 5.58. The number of fused-ring (bicyclic) bond motifs is 1. The summed E-state index contributed by atoms with van der Waals surface area (Å²) in [6, 6.07) is 4.86. The number of hydrogen-bond donors (Lipinski definition) is 2. The van der Waals surface area contributed by atoms with Crippen LogP contribution in [0.1, 0.15) is 12.5 Å². The number of aliphatic imine (C=N–C) groups is 1. The summed E-state index contributed by atoms with van der Waals surface area (Å²) in [5.41, 5.74) is 0.476. The molecule has 3 rings (SSSR count).